The topological polar surface area (TPSA) is 34.1 Å². The zero-order valence-corrected chi connectivity index (χ0v) is 18.0. The number of nitrogens with zero attached hydrogens (tertiary/aromatic N) is 1. The molecule has 1 heterocycles. The smallest absolute Gasteiger partial charge is 0.192 e. The fourth-order valence-corrected chi connectivity index (χ4v) is 3.38. The molecule has 0 aliphatic heterocycles. The monoisotopic (exact) mass is 370 g/mol. The molecule has 4 heteroatoms. The standard InChI is InChI=1S/C22H34N2OSi/c1-22(2,3)26(4,5)25-18-21-13-9-12-20(24-21)15-17-23-16-14-19-10-7-6-8-11-19/h6-13,23H,14-18H2,1-5H3. The van der Waals surface area contributed by atoms with E-state index >= 15 is 0 Å². The first kappa shape index (κ1) is 20.8. The Labute approximate surface area is 160 Å². The Balaban J connectivity index is 1.74. The number of nitrogens with one attached hydrogen (secondary N) is 1. The van der Waals surface area contributed by atoms with E-state index in [1.54, 1.807) is 0 Å². The Kier molecular flexibility index (Phi) is 7.56. The summed E-state index contributed by atoms with van der Waals surface area (Å²) in [7, 11) is -1.73. The molecule has 0 unspecified atom stereocenters. The van der Waals surface area contributed by atoms with E-state index in [2.05, 4.69) is 87.7 Å². The molecule has 26 heavy (non-hydrogen) atoms. The van der Waals surface area contributed by atoms with E-state index < -0.39 is 8.32 Å². The lowest BCUT2D eigenvalue weighted by Gasteiger charge is -2.36. The van der Waals surface area contributed by atoms with Crippen LogP contribution in [-0.2, 0) is 23.9 Å². The lowest BCUT2D eigenvalue weighted by atomic mass is 10.1. The SMILES string of the molecule is CC(C)(C)[Si](C)(C)OCc1cccc(CCNCCc2ccccc2)n1. The van der Waals surface area contributed by atoms with E-state index in [0.717, 1.165) is 37.3 Å². The molecule has 142 valence electrons. The van der Waals surface area contributed by atoms with Gasteiger partial charge >= 0.3 is 0 Å². The van der Waals surface area contributed by atoms with Crippen molar-refractivity contribution in [1.82, 2.24) is 10.3 Å². The first-order valence-corrected chi connectivity index (χ1v) is 12.5. The summed E-state index contributed by atoms with van der Waals surface area (Å²) in [6.07, 6.45) is 2.01. The summed E-state index contributed by atoms with van der Waals surface area (Å²) in [6.45, 7) is 13.9. The van der Waals surface area contributed by atoms with Gasteiger partial charge in [-0.25, -0.2) is 0 Å². The van der Waals surface area contributed by atoms with Gasteiger partial charge in [0, 0.05) is 18.7 Å². The Morgan fingerprint density at radius 2 is 1.54 bits per heavy atom. The van der Waals surface area contributed by atoms with E-state index in [9.17, 15) is 0 Å². The maximum atomic E-state index is 6.29. The Morgan fingerprint density at radius 1 is 0.885 bits per heavy atom. The predicted molar refractivity (Wildman–Crippen MR) is 113 cm³/mol. The zero-order chi connectivity index (χ0) is 19.0. The van der Waals surface area contributed by atoms with Crippen molar-refractivity contribution in [3.05, 3.63) is 65.5 Å². The van der Waals surface area contributed by atoms with Crippen LogP contribution in [0.5, 0.6) is 0 Å². The van der Waals surface area contributed by atoms with Crippen molar-refractivity contribution in [1.29, 1.82) is 0 Å². The van der Waals surface area contributed by atoms with Gasteiger partial charge in [-0.05, 0) is 48.8 Å². The van der Waals surface area contributed by atoms with Crippen LogP contribution in [0.2, 0.25) is 18.1 Å². The van der Waals surface area contributed by atoms with Gasteiger partial charge in [-0.1, -0.05) is 57.2 Å². The Morgan fingerprint density at radius 3 is 2.23 bits per heavy atom. The molecule has 2 rings (SSSR count). The van der Waals surface area contributed by atoms with E-state index in [0.29, 0.717) is 6.61 Å². The van der Waals surface area contributed by atoms with Gasteiger partial charge in [-0.2, -0.15) is 0 Å². The maximum Gasteiger partial charge on any atom is 0.192 e. The lowest BCUT2D eigenvalue weighted by Crippen LogP contribution is -2.40. The summed E-state index contributed by atoms with van der Waals surface area (Å²) < 4.78 is 6.29. The Bertz CT molecular complexity index is 665. The van der Waals surface area contributed by atoms with Crippen LogP contribution in [0, 0.1) is 0 Å². The van der Waals surface area contributed by atoms with Crippen LogP contribution in [0.4, 0.5) is 0 Å². The molecule has 1 N–H and O–H groups in total. The second kappa shape index (κ2) is 9.44. The van der Waals surface area contributed by atoms with Crippen LogP contribution < -0.4 is 5.32 Å². The highest BCUT2D eigenvalue weighted by Crippen LogP contribution is 2.36. The predicted octanol–water partition coefficient (Wildman–Crippen LogP) is 4.98. The lowest BCUT2D eigenvalue weighted by molar-refractivity contribution is 0.272. The van der Waals surface area contributed by atoms with Crippen LogP contribution in [-0.4, -0.2) is 26.4 Å². The summed E-state index contributed by atoms with van der Waals surface area (Å²) in [5.74, 6) is 0. The first-order valence-electron chi connectivity index (χ1n) is 9.61. The molecular weight excluding hydrogens is 336 g/mol. The van der Waals surface area contributed by atoms with Crippen LogP contribution >= 0.6 is 0 Å². The van der Waals surface area contributed by atoms with Crippen molar-refractivity contribution < 1.29 is 4.43 Å². The van der Waals surface area contributed by atoms with Gasteiger partial charge in [-0.3, -0.25) is 4.98 Å². The van der Waals surface area contributed by atoms with Gasteiger partial charge in [0.05, 0.1) is 12.3 Å². The number of benzene rings is 1. The number of aromatic nitrogens is 1. The molecule has 0 atom stereocenters. The average Bonchev–Trinajstić information content (AvgIpc) is 2.60. The summed E-state index contributed by atoms with van der Waals surface area (Å²) in [5.41, 5.74) is 3.55. The fourth-order valence-electron chi connectivity index (χ4n) is 2.44. The summed E-state index contributed by atoms with van der Waals surface area (Å²) in [4.78, 5) is 4.77. The number of hydrogen-bond donors (Lipinski definition) is 1. The molecule has 0 spiro atoms. The highest BCUT2D eigenvalue weighted by atomic mass is 28.4. The number of pyridine rings is 1. The third kappa shape index (κ3) is 6.67. The highest BCUT2D eigenvalue weighted by molar-refractivity contribution is 6.74. The van der Waals surface area contributed by atoms with E-state index in [-0.39, 0.29) is 5.04 Å². The molecule has 3 nitrogen and oxygen atoms in total. The molecule has 0 saturated heterocycles. The molecular formula is C22H34N2OSi. The van der Waals surface area contributed by atoms with Crippen molar-refractivity contribution in [2.75, 3.05) is 13.1 Å². The second-order valence-electron chi connectivity index (χ2n) is 8.40. The minimum atomic E-state index is -1.73. The van der Waals surface area contributed by atoms with Crippen molar-refractivity contribution >= 4 is 8.32 Å². The summed E-state index contributed by atoms with van der Waals surface area (Å²) >= 11 is 0. The Hall–Kier alpha value is -1.49. The minimum absolute atomic E-state index is 0.229. The normalized spacial score (nSPS) is 12.3. The fraction of sp³-hybridized carbons (Fsp3) is 0.500. The van der Waals surface area contributed by atoms with Crippen LogP contribution in [0.25, 0.3) is 0 Å². The van der Waals surface area contributed by atoms with Crippen LogP contribution in [0.1, 0.15) is 37.7 Å². The molecule has 0 saturated carbocycles. The van der Waals surface area contributed by atoms with Crippen molar-refractivity contribution in [2.45, 2.75) is 58.4 Å². The van der Waals surface area contributed by atoms with Gasteiger partial charge in [-0.15, -0.1) is 0 Å². The summed E-state index contributed by atoms with van der Waals surface area (Å²) in [5, 5.41) is 3.74. The van der Waals surface area contributed by atoms with Crippen molar-refractivity contribution in [3.8, 4) is 0 Å². The van der Waals surface area contributed by atoms with Crippen LogP contribution in [0.3, 0.4) is 0 Å². The average molecular weight is 371 g/mol. The molecule has 0 aliphatic carbocycles. The van der Waals surface area contributed by atoms with Gasteiger partial charge in [0.15, 0.2) is 8.32 Å². The molecule has 0 fully saturated rings. The quantitative estimate of drug-likeness (QED) is 0.499. The number of hydrogen-bond acceptors (Lipinski definition) is 3. The van der Waals surface area contributed by atoms with E-state index in [4.69, 9.17) is 9.41 Å². The van der Waals surface area contributed by atoms with Crippen molar-refractivity contribution in [3.63, 3.8) is 0 Å². The molecule has 0 bridgehead atoms. The first-order chi connectivity index (χ1) is 12.3. The van der Waals surface area contributed by atoms with Gasteiger partial charge in [0.2, 0.25) is 0 Å². The highest BCUT2D eigenvalue weighted by Gasteiger charge is 2.37. The molecule has 0 aliphatic rings. The largest absolute Gasteiger partial charge is 0.411 e. The van der Waals surface area contributed by atoms with Gasteiger partial charge < -0.3 is 9.74 Å². The third-order valence-corrected chi connectivity index (χ3v) is 9.72. The third-order valence-electron chi connectivity index (χ3n) is 5.24. The van der Waals surface area contributed by atoms with Crippen LogP contribution in [0.15, 0.2) is 48.5 Å². The zero-order valence-electron chi connectivity index (χ0n) is 17.0. The number of rotatable bonds is 9. The molecule has 0 amide bonds. The second-order valence-corrected chi connectivity index (χ2v) is 13.2. The van der Waals surface area contributed by atoms with Crippen molar-refractivity contribution in [2.24, 2.45) is 0 Å². The van der Waals surface area contributed by atoms with E-state index in [1.807, 2.05) is 0 Å². The molecule has 1 aromatic heterocycles. The molecule has 2 aromatic rings. The summed E-state index contributed by atoms with van der Waals surface area (Å²) in [6, 6.07) is 16.9. The molecule has 1 aromatic carbocycles. The minimum Gasteiger partial charge on any atom is -0.411 e. The van der Waals surface area contributed by atoms with Gasteiger partial charge in [0.1, 0.15) is 0 Å². The maximum absolute atomic E-state index is 6.29. The van der Waals surface area contributed by atoms with Gasteiger partial charge in [0.25, 0.3) is 0 Å². The molecule has 0 radical (unpaired) electrons. The van der Waals surface area contributed by atoms with E-state index in [1.165, 1.54) is 5.56 Å².